The van der Waals surface area contributed by atoms with Crippen LogP contribution in [-0.2, 0) is 4.79 Å². The summed E-state index contributed by atoms with van der Waals surface area (Å²) in [7, 11) is 1.54. The summed E-state index contributed by atoms with van der Waals surface area (Å²) in [6.45, 7) is 0.554. The molecule has 3 rings (SSSR count). The second-order valence-electron chi connectivity index (χ2n) is 5.55. The fourth-order valence-corrected chi connectivity index (χ4v) is 5.18. The van der Waals surface area contributed by atoms with E-state index in [4.69, 9.17) is 4.74 Å². The molecule has 1 aliphatic heterocycles. The Morgan fingerprint density at radius 3 is 2.86 bits per heavy atom. The number of carbonyl (C=O) groups excluding carboxylic acids is 1. The number of halogens is 1. The lowest BCUT2D eigenvalue weighted by atomic mass is 9.94. The van der Waals surface area contributed by atoms with Crippen molar-refractivity contribution in [2.45, 2.75) is 25.3 Å². The number of amides is 1. The van der Waals surface area contributed by atoms with Crippen molar-refractivity contribution in [3.8, 4) is 5.75 Å². The zero-order valence-corrected chi connectivity index (χ0v) is 13.9. The summed E-state index contributed by atoms with van der Waals surface area (Å²) in [6.07, 6.45) is 3.00. The molecule has 3 unspecified atom stereocenters. The minimum atomic E-state index is -0.889. The van der Waals surface area contributed by atoms with Crippen molar-refractivity contribution >= 4 is 39.1 Å². The molecular formula is C14H16BrNO4S. The number of fused-ring (bicyclic) bond motifs is 1. The second kappa shape index (κ2) is 5.61. The number of hydrogen-bond acceptors (Lipinski definition) is 4. The van der Waals surface area contributed by atoms with Crippen LogP contribution in [0, 0.1) is 11.8 Å². The van der Waals surface area contributed by atoms with Crippen molar-refractivity contribution in [1.29, 1.82) is 0 Å². The van der Waals surface area contributed by atoms with Gasteiger partial charge in [0.2, 0.25) is 0 Å². The maximum absolute atomic E-state index is 12.7. The number of thiophene rings is 1. The Morgan fingerprint density at radius 2 is 2.24 bits per heavy atom. The van der Waals surface area contributed by atoms with Gasteiger partial charge in [0.05, 0.1) is 12.0 Å². The Balaban J connectivity index is 1.87. The van der Waals surface area contributed by atoms with Crippen molar-refractivity contribution in [3.05, 3.63) is 14.7 Å². The van der Waals surface area contributed by atoms with Crippen molar-refractivity contribution in [1.82, 2.24) is 4.90 Å². The zero-order valence-electron chi connectivity index (χ0n) is 11.5. The maximum Gasteiger partial charge on any atom is 0.326 e. The van der Waals surface area contributed by atoms with Crippen LogP contribution in [0.1, 0.15) is 28.9 Å². The first-order valence-electron chi connectivity index (χ1n) is 6.90. The molecule has 1 N–H and O–H groups in total. The first-order valence-corrected chi connectivity index (χ1v) is 8.51. The van der Waals surface area contributed by atoms with Gasteiger partial charge in [-0.2, -0.15) is 0 Å². The highest BCUT2D eigenvalue weighted by Crippen LogP contribution is 2.44. The Labute approximate surface area is 135 Å². The topological polar surface area (TPSA) is 66.8 Å². The largest absolute Gasteiger partial charge is 0.495 e. The van der Waals surface area contributed by atoms with Gasteiger partial charge < -0.3 is 14.7 Å². The second-order valence-corrected chi connectivity index (χ2v) is 7.92. The molecule has 1 aliphatic carbocycles. The fourth-order valence-electron chi connectivity index (χ4n) is 3.57. The predicted octanol–water partition coefficient (Wildman–Crippen LogP) is 2.84. The molecule has 1 saturated carbocycles. The number of methoxy groups -OCH3 is 1. The van der Waals surface area contributed by atoms with E-state index in [1.807, 2.05) is 0 Å². The van der Waals surface area contributed by atoms with Crippen LogP contribution >= 0.6 is 27.3 Å². The third-order valence-electron chi connectivity index (χ3n) is 4.49. The summed E-state index contributed by atoms with van der Waals surface area (Å²) in [6, 6.07) is 0.987. The van der Waals surface area contributed by atoms with Gasteiger partial charge in [-0.1, -0.05) is 6.42 Å². The minimum absolute atomic E-state index is 0.108. The van der Waals surface area contributed by atoms with Gasteiger partial charge in [0.1, 0.15) is 15.6 Å². The van der Waals surface area contributed by atoms with Gasteiger partial charge >= 0.3 is 5.97 Å². The standard InChI is InChI=1S/C14H16BrNO4S/c1-20-9-5-10(21-12(9)15)13(17)16-6-7-3-2-4-8(7)11(16)14(18)19/h5,7-8,11H,2-4,6H2,1H3,(H,18,19). The van der Waals surface area contributed by atoms with Crippen LogP contribution in [0.3, 0.4) is 0 Å². The Morgan fingerprint density at radius 1 is 1.48 bits per heavy atom. The number of carbonyl (C=O) groups is 2. The molecule has 114 valence electrons. The Bertz CT molecular complexity index is 588. The molecule has 1 aromatic rings. The summed E-state index contributed by atoms with van der Waals surface area (Å²) in [5.74, 6) is -0.0437. The molecule has 0 aromatic carbocycles. The number of aliphatic carboxylic acids is 1. The van der Waals surface area contributed by atoms with E-state index in [0.717, 1.165) is 23.0 Å². The number of nitrogens with zero attached hydrogens (tertiary/aromatic N) is 1. The van der Waals surface area contributed by atoms with Gasteiger partial charge in [0.25, 0.3) is 5.91 Å². The highest BCUT2D eigenvalue weighted by atomic mass is 79.9. The highest BCUT2D eigenvalue weighted by molar-refractivity contribution is 9.11. The molecular weight excluding hydrogens is 358 g/mol. The quantitative estimate of drug-likeness (QED) is 0.884. The molecule has 2 heterocycles. The molecule has 5 nitrogen and oxygen atoms in total. The number of carboxylic acid groups (broad SMARTS) is 1. The molecule has 1 saturated heterocycles. The molecule has 1 amide bonds. The Hall–Kier alpha value is -1.08. The third-order valence-corrected chi connectivity index (χ3v) is 6.26. The number of hydrogen-bond donors (Lipinski definition) is 1. The van der Waals surface area contributed by atoms with E-state index in [2.05, 4.69) is 15.9 Å². The van der Waals surface area contributed by atoms with Crippen molar-refractivity contribution < 1.29 is 19.4 Å². The van der Waals surface area contributed by atoms with Crippen molar-refractivity contribution in [3.63, 3.8) is 0 Å². The van der Waals surface area contributed by atoms with E-state index in [0.29, 0.717) is 23.1 Å². The van der Waals surface area contributed by atoms with Crippen LogP contribution in [-0.4, -0.2) is 41.6 Å². The van der Waals surface area contributed by atoms with Crippen LogP contribution in [0.15, 0.2) is 9.85 Å². The molecule has 2 fully saturated rings. The maximum atomic E-state index is 12.7. The van der Waals surface area contributed by atoms with Crippen LogP contribution < -0.4 is 4.74 Å². The first kappa shape index (κ1) is 14.8. The van der Waals surface area contributed by atoms with E-state index in [9.17, 15) is 14.7 Å². The average Bonchev–Trinajstić information content (AvgIpc) is 3.09. The van der Waals surface area contributed by atoms with Gasteiger partial charge in [-0.05, 0) is 40.6 Å². The summed E-state index contributed by atoms with van der Waals surface area (Å²) in [5.41, 5.74) is 0. The van der Waals surface area contributed by atoms with Gasteiger partial charge in [-0.3, -0.25) is 4.79 Å². The van der Waals surface area contributed by atoms with Gasteiger partial charge in [0.15, 0.2) is 0 Å². The van der Waals surface area contributed by atoms with Crippen LogP contribution in [0.25, 0.3) is 0 Å². The number of ether oxygens (including phenoxy) is 1. The van der Waals surface area contributed by atoms with Crippen molar-refractivity contribution in [2.24, 2.45) is 11.8 Å². The molecule has 3 atom stereocenters. The first-order chi connectivity index (χ1) is 10.0. The van der Waals surface area contributed by atoms with Crippen LogP contribution in [0.2, 0.25) is 0 Å². The normalized spacial score (nSPS) is 27.7. The zero-order chi connectivity index (χ0) is 15.1. The van der Waals surface area contributed by atoms with E-state index in [1.165, 1.54) is 16.2 Å². The van der Waals surface area contributed by atoms with E-state index < -0.39 is 12.0 Å². The summed E-state index contributed by atoms with van der Waals surface area (Å²) in [4.78, 5) is 26.3. The lowest BCUT2D eigenvalue weighted by molar-refractivity contribution is -0.142. The molecule has 1 aromatic heterocycles. The molecule has 21 heavy (non-hydrogen) atoms. The molecule has 2 aliphatic rings. The average molecular weight is 374 g/mol. The smallest absolute Gasteiger partial charge is 0.326 e. The minimum Gasteiger partial charge on any atom is -0.495 e. The highest BCUT2D eigenvalue weighted by Gasteiger charge is 2.49. The molecule has 0 bridgehead atoms. The van der Waals surface area contributed by atoms with E-state index in [1.54, 1.807) is 13.2 Å². The fraction of sp³-hybridized carbons (Fsp3) is 0.571. The Kier molecular flexibility index (Phi) is 3.96. The van der Waals surface area contributed by atoms with E-state index in [-0.39, 0.29) is 11.8 Å². The van der Waals surface area contributed by atoms with Crippen LogP contribution in [0.4, 0.5) is 0 Å². The van der Waals surface area contributed by atoms with Gasteiger partial charge in [-0.15, -0.1) is 11.3 Å². The summed E-state index contributed by atoms with van der Waals surface area (Å²) >= 11 is 4.64. The monoisotopic (exact) mass is 373 g/mol. The number of likely N-dealkylation sites (tertiary alicyclic amines) is 1. The lowest BCUT2D eigenvalue weighted by Gasteiger charge is -2.23. The number of rotatable bonds is 3. The lowest BCUT2D eigenvalue weighted by Crippen LogP contribution is -2.43. The van der Waals surface area contributed by atoms with E-state index >= 15 is 0 Å². The van der Waals surface area contributed by atoms with Gasteiger partial charge in [-0.25, -0.2) is 4.79 Å². The predicted molar refractivity (Wildman–Crippen MR) is 81.9 cm³/mol. The SMILES string of the molecule is COc1cc(C(=O)N2CC3CCCC3C2C(=O)O)sc1Br. The summed E-state index contributed by atoms with van der Waals surface area (Å²) in [5, 5.41) is 9.51. The molecule has 0 radical (unpaired) electrons. The summed E-state index contributed by atoms with van der Waals surface area (Å²) < 4.78 is 5.91. The van der Waals surface area contributed by atoms with Crippen LogP contribution in [0.5, 0.6) is 5.75 Å². The molecule has 0 spiro atoms. The molecule has 7 heteroatoms. The number of carboxylic acids is 1. The van der Waals surface area contributed by atoms with Crippen molar-refractivity contribution in [2.75, 3.05) is 13.7 Å². The van der Waals surface area contributed by atoms with Gasteiger partial charge in [0, 0.05) is 12.6 Å². The third kappa shape index (κ3) is 2.46.